The molecule has 6 heteroatoms. The quantitative estimate of drug-likeness (QED) is 0.730. The second-order valence-electron chi connectivity index (χ2n) is 5.08. The highest BCUT2D eigenvalue weighted by Crippen LogP contribution is 2.23. The molecule has 1 saturated carbocycles. The number of carboxylic acid groups (broad SMARTS) is 1. The molecular formula is C13H21NO5. The number of rotatable bonds is 5. The molecule has 0 radical (unpaired) electrons. The molecule has 0 aromatic carbocycles. The molecule has 108 valence electrons. The smallest absolute Gasteiger partial charge is 0.345 e. The van der Waals surface area contributed by atoms with E-state index in [1.54, 1.807) is 0 Å². The van der Waals surface area contributed by atoms with Crippen molar-refractivity contribution < 1.29 is 24.2 Å². The summed E-state index contributed by atoms with van der Waals surface area (Å²) in [7, 11) is 0. The molecule has 3 atom stereocenters. The zero-order valence-electron chi connectivity index (χ0n) is 11.3. The third-order valence-corrected chi connectivity index (χ3v) is 3.41. The van der Waals surface area contributed by atoms with E-state index >= 15 is 0 Å². The number of nitrogens with one attached hydrogen (secondary N) is 1. The SMILES string of the molecule is CC(=O)O[C@H](CC(=O)N[C@@H]1CCCC[C@H]1C)C(=O)O. The van der Waals surface area contributed by atoms with E-state index in [9.17, 15) is 14.4 Å². The highest BCUT2D eigenvalue weighted by atomic mass is 16.6. The molecule has 1 amide bonds. The summed E-state index contributed by atoms with van der Waals surface area (Å²) in [6.45, 7) is 3.20. The van der Waals surface area contributed by atoms with E-state index in [1.807, 2.05) is 0 Å². The van der Waals surface area contributed by atoms with Crippen molar-refractivity contribution in [1.29, 1.82) is 0 Å². The lowest BCUT2D eigenvalue weighted by Gasteiger charge is -2.29. The minimum Gasteiger partial charge on any atom is -0.478 e. The van der Waals surface area contributed by atoms with E-state index in [-0.39, 0.29) is 18.4 Å². The monoisotopic (exact) mass is 271 g/mol. The molecule has 19 heavy (non-hydrogen) atoms. The van der Waals surface area contributed by atoms with E-state index in [0.29, 0.717) is 5.92 Å². The lowest BCUT2D eigenvalue weighted by Crippen LogP contribution is -2.43. The number of carbonyl (C=O) groups is 3. The van der Waals surface area contributed by atoms with Gasteiger partial charge in [-0.15, -0.1) is 0 Å². The molecule has 0 heterocycles. The van der Waals surface area contributed by atoms with E-state index in [0.717, 1.165) is 26.2 Å². The average Bonchev–Trinajstić information content (AvgIpc) is 2.30. The number of hydrogen-bond donors (Lipinski definition) is 2. The maximum Gasteiger partial charge on any atom is 0.345 e. The first-order chi connectivity index (χ1) is 8.90. The van der Waals surface area contributed by atoms with Crippen molar-refractivity contribution in [1.82, 2.24) is 5.32 Å². The van der Waals surface area contributed by atoms with Gasteiger partial charge in [-0.3, -0.25) is 9.59 Å². The van der Waals surface area contributed by atoms with Crippen LogP contribution in [0.5, 0.6) is 0 Å². The molecule has 1 fully saturated rings. The molecule has 0 aliphatic heterocycles. The third-order valence-electron chi connectivity index (χ3n) is 3.41. The summed E-state index contributed by atoms with van der Waals surface area (Å²) in [5, 5.41) is 11.7. The van der Waals surface area contributed by atoms with Gasteiger partial charge in [0, 0.05) is 13.0 Å². The predicted octanol–water partition coefficient (Wildman–Crippen LogP) is 1.09. The summed E-state index contributed by atoms with van der Waals surface area (Å²) < 4.78 is 4.60. The summed E-state index contributed by atoms with van der Waals surface area (Å²) in [4.78, 5) is 33.4. The van der Waals surface area contributed by atoms with Gasteiger partial charge in [0.05, 0.1) is 6.42 Å². The molecule has 6 nitrogen and oxygen atoms in total. The first-order valence-electron chi connectivity index (χ1n) is 6.59. The van der Waals surface area contributed by atoms with Gasteiger partial charge in [0.2, 0.25) is 12.0 Å². The third kappa shape index (κ3) is 5.28. The first kappa shape index (κ1) is 15.5. The van der Waals surface area contributed by atoms with Crippen molar-refractivity contribution in [3.05, 3.63) is 0 Å². The fourth-order valence-electron chi connectivity index (χ4n) is 2.34. The fourth-order valence-corrected chi connectivity index (χ4v) is 2.34. The molecule has 0 bridgehead atoms. The van der Waals surface area contributed by atoms with Gasteiger partial charge in [0.15, 0.2) is 0 Å². The molecule has 0 aromatic heterocycles. The van der Waals surface area contributed by atoms with Gasteiger partial charge in [0.25, 0.3) is 0 Å². The lowest BCUT2D eigenvalue weighted by molar-refractivity contribution is -0.164. The summed E-state index contributed by atoms with van der Waals surface area (Å²) in [5.74, 6) is -1.99. The lowest BCUT2D eigenvalue weighted by atomic mass is 9.86. The minimum absolute atomic E-state index is 0.0908. The number of carboxylic acids is 1. The summed E-state index contributed by atoms with van der Waals surface area (Å²) >= 11 is 0. The van der Waals surface area contributed by atoms with Gasteiger partial charge >= 0.3 is 11.9 Å². The molecule has 0 unspecified atom stereocenters. The molecule has 1 aliphatic rings. The molecule has 0 spiro atoms. The number of aliphatic carboxylic acids is 1. The molecule has 1 rings (SSSR count). The van der Waals surface area contributed by atoms with Crippen molar-refractivity contribution in [3.8, 4) is 0 Å². The van der Waals surface area contributed by atoms with Crippen LogP contribution in [-0.4, -0.2) is 35.1 Å². The van der Waals surface area contributed by atoms with E-state index in [4.69, 9.17) is 5.11 Å². The molecule has 0 saturated heterocycles. The topological polar surface area (TPSA) is 92.7 Å². The van der Waals surface area contributed by atoms with E-state index in [2.05, 4.69) is 17.0 Å². The summed E-state index contributed by atoms with van der Waals surface area (Å²) in [6.07, 6.45) is 2.48. The number of carbonyl (C=O) groups excluding carboxylic acids is 2. The van der Waals surface area contributed by atoms with Gasteiger partial charge < -0.3 is 15.2 Å². The van der Waals surface area contributed by atoms with Gasteiger partial charge in [0.1, 0.15) is 0 Å². The number of amides is 1. The van der Waals surface area contributed by atoms with Crippen molar-refractivity contribution >= 4 is 17.8 Å². The first-order valence-corrected chi connectivity index (χ1v) is 6.59. The van der Waals surface area contributed by atoms with Crippen LogP contribution in [0, 0.1) is 5.92 Å². The maximum absolute atomic E-state index is 11.8. The van der Waals surface area contributed by atoms with Gasteiger partial charge in [-0.1, -0.05) is 19.8 Å². The molecule has 2 N–H and O–H groups in total. The van der Waals surface area contributed by atoms with Crippen molar-refractivity contribution in [3.63, 3.8) is 0 Å². The Bertz CT molecular complexity index is 355. The Hall–Kier alpha value is -1.59. The highest BCUT2D eigenvalue weighted by molar-refractivity contribution is 5.85. The standard InChI is InChI=1S/C13H21NO5/c1-8-5-3-4-6-10(8)14-12(16)7-11(13(17)18)19-9(2)15/h8,10-11H,3-7H2,1-2H3,(H,14,16)(H,17,18)/t8-,10-,11-/m1/s1. The molecule has 0 aromatic rings. The number of hydrogen-bond acceptors (Lipinski definition) is 4. The van der Waals surface area contributed by atoms with Crippen LogP contribution in [0.4, 0.5) is 0 Å². The summed E-state index contributed by atoms with van der Waals surface area (Å²) in [5.41, 5.74) is 0. The van der Waals surface area contributed by atoms with Crippen LogP contribution in [0.3, 0.4) is 0 Å². The van der Waals surface area contributed by atoms with E-state index in [1.165, 1.54) is 6.42 Å². The van der Waals surface area contributed by atoms with Crippen LogP contribution >= 0.6 is 0 Å². The number of esters is 1. The average molecular weight is 271 g/mol. The Kier molecular flexibility index (Phi) is 5.79. The normalized spacial score (nSPS) is 24.3. The largest absolute Gasteiger partial charge is 0.478 e. The van der Waals surface area contributed by atoms with Crippen molar-refractivity contribution in [2.24, 2.45) is 5.92 Å². The minimum atomic E-state index is -1.41. The van der Waals surface area contributed by atoms with Crippen LogP contribution in [-0.2, 0) is 19.1 Å². The van der Waals surface area contributed by atoms with Crippen LogP contribution in [0.1, 0.15) is 46.0 Å². The maximum atomic E-state index is 11.8. The summed E-state index contributed by atoms with van der Waals surface area (Å²) in [6, 6.07) is 0.0908. The van der Waals surface area contributed by atoms with Gasteiger partial charge in [-0.05, 0) is 18.8 Å². The zero-order valence-corrected chi connectivity index (χ0v) is 11.3. The van der Waals surface area contributed by atoms with Crippen LogP contribution in [0.15, 0.2) is 0 Å². The Morgan fingerprint density at radius 2 is 1.95 bits per heavy atom. The second kappa shape index (κ2) is 7.11. The Morgan fingerprint density at radius 3 is 2.47 bits per heavy atom. The van der Waals surface area contributed by atoms with Crippen molar-refractivity contribution in [2.45, 2.75) is 58.1 Å². The zero-order chi connectivity index (χ0) is 14.4. The van der Waals surface area contributed by atoms with Crippen molar-refractivity contribution in [2.75, 3.05) is 0 Å². The van der Waals surface area contributed by atoms with Crippen LogP contribution in [0.2, 0.25) is 0 Å². The van der Waals surface area contributed by atoms with Gasteiger partial charge in [-0.25, -0.2) is 4.79 Å². The molecular weight excluding hydrogens is 250 g/mol. The fraction of sp³-hybridized carbons (Fsp3) is 0.769. The van der Waals surface area contributed by atoms with Crippen LogP contribution in [0.25, 0.3) is 0 Å². The Balaban J connectivity index is 2.47. The van der Waals surface area contributed by atoms with Gasteiger partial charge in [-0.2, -0.15) is 0 Å². The van der Waals surface area contributed by atoms with E-state index < -0.39 is 18.0 Å². The van der Waals surface area contributed by atoms with Crippen LogP contribution < -0.4 is 5.32 Å². The Morgan fingerprint density at radius 1 is 1.32 bits per heavy atom. The predicted molar refractivity (Wildman–Crippen MR) is 67.4 cm³/mol. The highest BCUT2D eigenvalue weighted by Gasteiger charge is 2.27. The number of ether oxygens (including phenoxy) is 1. The second-order valence-corrected chi connectivity index (χ2v) is 5.08. The Labute approximate surface area is 112 Å². The molecule has 1 aliphatic carbocycles.